The second-order valence-corrected chi connectivity index (χ2v) is 7.83. The molecule has 0 aliphatic heterocycles. The van der Waals surface area contributed by atoms with Crippen LogP contribution in [0.2, 0.25) is 5.02 Å². The molecular weight excluding hydrogens is 434 g/mol. The lowest BCUT2D eigenvalue weighted by Crippen LogP contribution is -2.39. The van der Waals surface area contributed by atoms with Crippen LogP contribution in [0.25, 0.3) is 11.1 Å². The van der Waals surface area contributed by atoms with Crippen molar-refractivity contribution in [3.63, 3.8) is 0 Å². The van der Waals surface area contributed by atoms with Crippen molar-refractivity contribution in [3.05, 3.63) is 75.6 Å². The molecule has 0 spiro atoms. The van der Waals surface area contributed by atoms with E-state index in [1.165, 1.54) is 0 Å². The number of hydrogen-bond acceptors (Lipinski definition) is 6. The number of nitrogens with zero attached hydrogens (tertiary/aromatic N) is 1. The molecule has 2 N–H and O–H groups in total. The second kappa shape index (κ2) is 10.8. The maximum Gasteiger partial charge on any atom is 0.434 e. The van der Waals surface area contributed by atoms with Gasteiger partial charge in [-0.15, -0.1) is 5.10 Å². The molecule has 1 aromatic heterocycles. The molecule has 9 heteroatoms. The third-order valence-electron chi connectivity index (χ3n) is 4.89. The van der Waals surface area contributed by atoms with Crippen LogP contribution in [-0.2, 0) is 16.0 Å². The molecule has 0 fully saturated rings. The number of nitrogens with one attached hydrogen (secondary N) is 2. The lowest BCUT2D eigenvalue weighted by molar-refractivity contribution is -0.147. The molecule has 0 aliphatic rings. The van der Waals surface area contributed by atoms with E-state index in [0.29, 0.717) is 17.9 Å². The van der Waals surface area contributed by atoms with Gasteiger partial charge in [0.15, 0.2) is 0 Å². The van der Waals surface area contributed by atoms with E-state index in [9.17, 15) is 14.4 Å². The lowest BCUT2D eigenvalue weighted by Gasteiger charge is -2.21. The summed E-state index contributed by atoms with van der Waals surface area (Å²) in [5.74, 6) is -2.59. The van der Waals surface area contributed by atoms with Crippen molar-refractivity contribution in [2.45, 2.75) is 32.7 Å². The summed E-state index contributed by atoms with van der Waals surface area (Å²) in [5, 5.41) is 9.07. The van der Waals surface area contributed by atoms with E-state index >= 15 is 0 Å². The maximum atomic E-state index is 12.5. The van der Waals surface area contributed by atoms with Gasteiger partial charge in [-0.3, -0.25) is 9.59 Å². The van der Waals surface area contributed by atoms with Gasteiger partial charge in [-0.25, -0.2) is 9.89 Å². The fourth-order valence-corrected chi connectivity index (χ4v) is 3.55. The van der Waals surface area contributed by atoms with Crippen LogP contribution in [0, 0.1) is 5.92 Å². The van der Waals surface area contributed by atoms with Crippen molar-refractivity contribution in [2.24, 2.45) is 5.92 Å². The number of rotatable bonds is 9. The van der Waals surface area contributed by atoms with Gasteiger partial charge in [-0.2, -0.15) is 0 Å². The molecule has 1 heterocycles. The number of amides is 1. The number of carbonyl (C=O) groups excluding carboxylic acids is 2. The van der Waals surface area contributed by atoms with Gasteiger partial charge in [0.05, 0.1) is 12.5 Å². The molecule has 32 heavy (non-hydrogen) atoms. The van der Waals surface area contributed by atoms with Crippen molar-refractivity contribution in [3.8, 4) is 11.1 Å². The van der Waals surface area contributed by atoms with Crippen LogP contribution in [0.3, 0.4) is 0 Å². The van der Waals surface area contributed by atoms with Crippen molar-refractivity contribution in [1.29, 1.82) is 0 Å². The first-order valence-corrected chi connectivity index (χ1v) is 10.6. The number of aromatic nitrogens is 2. The molecule has 2 unspecified atom stereocenters. The molecule has 2 aromatic carbocycles. The number of halogens is 1. The smallest absolute Gasteiger partial charge is 0.434 e. The van der Waals surface area contributed by atoms with E-state index in [1.54, 1.807) is 13.8 Å². The Morgan fingerprint density at radius 1 is 1.19 bits per heavy atom. The summed E-state index contributed by atoms with van der Waals surface area (Å²) in [6.45, 7) is 3.77. The molecule has 168 valence electrons. The van der Waals surface area contributed by atoms with Crippen LogP contribution >= 0.6 is 11.6 Å². The van der Waals surface area contributed by atoms with E-state index in [4.69, 9.17) is 20.8 Å². The molecule has 0 saturated heterocycles. The Hall–Kier alpha value is -3.39. The molecule has 0 aliphatic carbocycles. The maximum absolute atomic E-state index is 12.5. The number of hydrogen-bond donors (Lipinski definition) is 2. The predicted octanol–water partition coefficient (Wildman–Crippen LogP) is 3.61. The zero-order valence-corrected chi connectivity index (χ0v) is 18.5. The minimum absolute atomic E-state index is 0.281. The predicted molar refractivity (Wildman–Crippen MR) is 119 cm³/mol. The number of esters is 1. The normalized spacial score (nSPS) is 12.7. The fourth-order valence-electron chi connectivity index (χ4n) is 3.36. The largest absolute Gasteiger partial charge is 0.466 e. The van der Waals surface area contributed by atoms with Gasteiger partial charge < -0.3 is 14.5 Å². The first kappa shape index (κ1) is 23.3. The number of aromatic amines is 1. The summed E-state index contributed by atoms with van der Waals surface area (Å²) >= 11 is 6.08. The van der Waals surface area contributed by atoms with E-state index in [2.05, 4.69) is 15.5 Å². The molecule has 0 bridgehead atoms. The van der Waals surface area contributed by atoms with Crippen LogP contribution in [0.1, 0.15) is 36.5 Å². The molecular formula is C23H24ClN3O5. The third kappa shape index (κ3) is 6.31. The van der Waals surface area contributed by atoms with Crippen molar-refractivity contribution in [1.82, 2.24) is 15.5 Å². The van der Waals surface area contributed by atoms with Crippen molar-refractivity contribution < 1.29 is 18.7 Å². The fraction of sp³-hybridized carbons (Fsp3) is 0.304. The van der Waals surface area contributed by atoms with Gasteiger partial charge in [0, 0.05) is 11.1 Å². The summed E-state index contributed by atoms with van der Waals surface area (Å²) in [5.41, 5.74) is 2.97. The molecule has 3 rings (SSSR count). The summed E-state index contributed by atoms with van der Waals surface area (Å²) in [6, 6.07) is 15.0. The summed E-state index contributed by atoms with van der Waals surface area (Å²) in [6.07, 6.45) is 0.801. The highest BCUT2D eigenvalue weighted by Crippen LogP contribution is 2.24. The highest BCUT2D eigenvalue weighted by Gasteiger charge is 2.24. The minimum Gasteiger partial charge on any atom is -0.466 e. The Labute approximate surface area is 189 Å². The van der Waals surface area contributed by atoms with Crippen LogP contribution in [0.4, 0.5) is 0 Å². The van der Waals surface area contributed by atoms with Gasteiger partial charge in [-0.05, 0) is 48.6 Å². The Morgan fingerprint density at radius 2 is 1.94 bits per heavy atom. The lowest BCUT2D eigenvalue weighted by atomic mass is 9.95. The van der Waals surface area contributed by atoms with Crippen LogP contribution in [0.15, 0.2) is 57.7 Å². The standard InChI is InChI=1S/C23H24ClN3O5/c1-3-31-22(29)14(2)11-19(25-20(28)21-26-27-23(30)32-21)12-15-7-9-16(10-8-15)17-5-4-6-18(24)13-17/h4-10,13-14,19H,3,11-12H2,1-2H3,(H,25,28)(H,27,30). The van der Waals surface area contributed by atoms with Crippen molar-refractivity contribution in [2.75, 3.05) is 6.61 Å². The molecule has 0 saturated carbocycles. The van der Waals surface area contributed by atoms with E-state index < -0.39 is 23.6 Å². The van der Waals surface area contributed by atoms with Crippen LogP contribution in [0.5, 0.6) is 0 Å². The average molecular weight is 458 g/mol. The third-order valence-corrected chi connectivity index (χ3v) is 5.12. The number of ether oxygens (including phenoxy) is 1. The molecule has 1 amide bonds. The van der Waals surface area contributed by atoms with Gasteiger partial charge in [0.2, 0.25) is 0 Å². The van der Waals surface area contributed by atoms with E-state index in [0.717, 1.165) is 16.7 Å². The monoisotopic (exact) mass is 457 g/mol. The summed E-state index contributed by atoms with van der Waals surface area (Å²) in [4.78, 5) is 35.7. The van der Waals surface area contributed by atoms with E-state index in [1.807, 2.05) is 48.5 Å². The Bertz CT molecular complexity index is 1120. The van der Waals surface area contributed by atoms with Gasteiger partial charge in [0.25, 0.3) is 0 Å². The van der Waals surface area contributed by atoms with Crippen LogP contribution < -0.4 is 11.1 Å². The second-order valence-electron chi connectivity index (χ2n) is 7.39. The van der Waals surface area contributed by atoms with Crippen LogP contribution in [-0.4, -0.2) is 34.7 Å². The first-order chi connectivity index (χ1) is 15.4. The number of carbonyl (C=O) groups is 2. The Kier molecular flexibility index (Phi) is 7.83. The molecule has 0 radical (unpaired) electrons. The zero-order chi connectivity index (χ0) is 23.1. The first-order valence-electron chi connectivity index (χ1n) is 10.2. The SMILES string of the molecule is CCOC(=O)C(C)CC(Cc1ccc(-c2cccc(Cl)c2)cc1)NC(=O)c1n[nH]c(=O)o1. The van der Waals surface area contributed by atoms with Crippen molar-refractivity contribution >= 4 is 23.5 Å². The minimum atomic E-state index is -0.816. The van der Waals surface area contributed by atoms with E-state index in [-0.39, 0.29) is 18.5 Å². The topological polar surface area (TPSA) is 114 Å². The average Bonchev–Trinajstić information content (AvgIpc) is 3.21. The summed E-state index contributed by atoms with van der Waals surface area (Å²) in [7, 11) is 0. The molecule has 8 nitrogen and oxygen atoms in total. The Balaban J connectivity index is 1.75. The van der Waals surface area contributed by atoms with Gasteiger partial charge >= 0.3 is 23.5 Å². The number of H-pyrrole nitrogens is 1. The van der Waals surface area contributed by atoms with Gasteiger partial charge in [0.1, 0.15) is 0 Å². The quantitative estimate of drug-likeness (QED) is 0.474. The zero-order valence-electron chi connectivity index (χ0n) is 17.8. The molecule has 2 atom stereocenters. The number of benzene rings is 2. The van der Waals surface area contributed by atoms with Gasteiger partial charge in [-0.1, -0.05) is 54.9 Å². The highest BCUT2D eigenvalue weighted by molar-refractivity contribution is 6.30. The molecule has 3 aromatic rings. The Morgan fingerprint density at radius 3 is 2.56 bits per heavy atom. The summed E-state index contributed by atoms with van der Waals surface area (Å²) < 4.78 is 9.81. The highest BCUT2D eigenvalue weighted by atomic mass is 35.5.